The van der Waals surface area contributed by atoms with Crippen LogP contribution in [0, 0.1) is 17.8 Å². The predicted octanol–water partition coefficient (Wildman–Crippen LogP) is 10.0. The number of fused-ring (bicyclic) bond motifs is 3. The van der Waals surface area contributed by atoms with Crippen LogP contribution in [-0.4, -0.2) is 164 Å². The SMILES string of the molecule is CO[C@@H]1[C@@H](O[C@@H]2O[C@H](C)[C@@H](O[C@H]3C[C@@](C)(OCSC)[C@@H](OC(=O)CC(C)C)[C@H](C)O3)[C@H](N(C)C)[C@H]2O)[C@H]2CC(O[Si](C)(C)C(C)(C)C)O[C@@H]1CC(=O)O[C@H](C)C/C=C/C=C/[C@H](O[Si](C)(C)C(C)(C)C)[C@H](C)C2. The molecule has 0 saturated carbocycles. The molecule has 4 aliphatic rings. The summed E-state index contributed by atoms with van der Waals surface area (Å²) in [5.41, 5.74) is -0.928. The zero-order valence-corrected chi connectivity index (χ0v) is 51.0. The molecule has 1 unspecified atom stereocenters. The molecule has 18 heteroatoms. The van der Waals surface area contributed by atoms with Gasteiger partial charge in [0.1, 0.15) is 36.3 Å². The Hall–Kier alpha value is -1.24. The Morgan fingerprint density at radius 1 is 0.889 bits per heavy atom. The molecule has 2 bridgehead atoms. The van der Waals surface area contributed by atoms with E-state index in [1.165, 1.54) is 11.8 Å². The van der Waals surface area contributed by atoms with Crippen molar-refractivity contribution in [2.45, 2.75) is 256 Å². The van der Waals surface area contributed by atoms with Crippen LogP contribution in [-0.2, 0) is 61.1 Å². The summed E-state index contributed by atoms with van der Waals surface area (Å²) in [6.07, 6.45) is 2.72. The molecule has 4 heterocycles. The number of carbonyl (C=O) groups excluding carboxylic acids is 2. The van der Waals surface area contributed by atoms with Crippen LogP contribution in [0.5, 0.6) is 0 Å². The number of hydrogen-bond donors (Lipinski definition) is 1. The lowest BCUT2D eigenvalue weighted by Gasteiger charge is -2.51. The zero-order valence-electron chi connectivity index (χ0n) is 48.2. The van der Waals surface area contributed by atoms with Crippen molar-refractivity contribution < 1.29 is 66.2 Å². The quantitative estimate of drug-likeness (QED) is 0.0883. The summed E-state index contributed by atoms with van der Waals surface area (Å²) in [4.78, 5) is 28.9. The molecule has 0 amide bonds. The third-order valence-corrected chi connectivity index (χ3v) is 25.2. The highest BCUT2D eigenvalue weighted by Gasteiger charge is 2.55. The lowest BCUT2D eigenvalue weighted by Crippen LogP contribution is -2.66. The van der Waals surface area contributed by atoms with Crippen LogP contribution in [0.2, 0.25) is 36.3 Å². The number of allylic oxidation sites excluding steroid dienone is 2. The fourth-order valence-electron chi connectivity index (χ4n) is 9.82. The van der Waals surface area contributed by atoms with E-state index in [1.807, 2.05) is 85.0 Å². The third kappa shape index (κ3) is 16.9. The molecule has 4 aliphatic heterocycles. The first-order valence-electron chi connectivity index (χ1n) is 26.6. The van der Waals surface area contributed by atoms with E-state index in [1.54, 1.807) is 7.11 Å². The number of esters is 2. The number of hydrogen-bond acceptors (Lipinski definition) is 16. The number of likely N-dealkylation sites (N-methyl/N-ethyl adjacent to an activating group) is 1. The van der Waals surface area contributed by atoms with Gasteiger partial charge in [0.25, 0.3) is 0 Å². The second-order valence-corrected chi connectivity index (χ2v) is 35.3. The first kappa shape index (κ1) is 63.3. The molecule has 0 radical (unpaired) electrons. The van der Waals surface area contributed by atoms with Crippen LogP contribution in [0.25, 0.3) is 0 Å². The summed E-state index contributed by atoms with van der Waals surface area (Å²) >= 11 is 1.53. The van der Waals surface area contributed by atoms with E-state index in [4.69, 9.17) is 51.5 Å². The largest absolute Gasteiger partial charge is 0.462 e. The van der Waals surface area contributed by atoms with Gasteiger partial charge < -0.3 is 61.5 Å². The van der Waals surface area contributed by atoms with Gasteiger partial charge in [-0.05, 0) is 108 Å². The lowest BCUT2D eigenvalue weighted by molar-refractivity contribution is -0.345. The fraction of sp³-hybridized carbons (Fsp3) is 0.889. The monoisotopic (exact) mass is 1070 g/mol. The van der Waals surface area contributed by atoms with Gasteiger partial charge in [-0.1, -0.05) is 86.6 Å². The van der Waals surface area contributed by atoms with Crippen molar-refractivity contribution >= 4 is 40.3 Å². The molecule has 72 heavy (non-hydrogen) atoms. The second-order valence-electron chi connectivity index (χ2n) is 25.0. The van der Waals surface area contributed by atoms with Gasteiger partial charge in [-0.25, -0.2) is 0 Å². The molecule has 0 spiro atoms. The van der Waals surface area contributed by atoms with Gasteiger partial charge in [0, 0.05) is 32.8 Å². The number of methoxy groups -OCH3 is 1. The average molecular weight is 1070 g/mol. The Bertz CT molecular complexity index is 1770. The number of ether oxygens (including phenoxy) is 9. The molecule has 4 rings (SSSR count). The molecule has 0 aromatic heterocycles. The minimum atomic E-state index is -2.45. The second kappa shape index (κ2) is 26.4. The number of rotatable bonds is 16. The normalized spacial score (nSPS) is 38.1. The summed E-state index contributed by atoms with van der Waals surface area (Å²) in [5.74, 6) is -0.530. The number of aliphatic hydroxyl groups is 1. The maximum atomic E-state index is 13.9. The fourth-order valence-corrected chi connectivity index (χ4v) is 12.7. The van der Waals surface area contributed by atoms with Crippen molar-refractivity contribution in [2.24, 2.45) is 17.8 Å². The molecule has 0 aromatic rings. The van der Waals surface area contributed by atoms with Gasteiger partial charge in [-0.3, -0.25) is 9.59 Å². The first-order chi connectivity index (χ1) is 33.2. The molecule has 0 aromatic carbocycles. The van der Waals surface area contributed by atoms with Crippen molar-refractivity contribution in [3.8, 4) is 0 Å². The minimum absolute atomic E-state index is 0.0236. The van der Waals surface area contributed by atoms with Crippen molar-refractivity contribution in [1.29, 1.82) is 0 Å². The molecule has 0 aliphatic carbocycles. The van der Waals surface area contributed by atoms with E-state index in [0.717, 1.165) is 0 Å². The molecule has 3 fully saturated rings. The van der Waals surface area contributed by atoms with E-state index in [-0.39, 0.29) is 59.2 Å². The van der Waals surface area contributed by atoms with Crippen LogP contribution in [0.1, 0.15) is 129 Å². The van der Waals surface area contributed by atoms with Crippen LogP contribution in [0.4, 0.5) is 0 Å². The first-order valence-corrected chi connectivity index (χ1v) is 33.8. The number of carbonyl (C=O) groups is 2. The summed E-state index contributed by atoms with van der Waals surface area (Å²) in [6, 6.07) is -0.633. The van der Waals surface area contributed by atoms with Gasteiger partial charge in [0.15, 0.2) is 35.3 Å². The van der Waals surface area contributed by atoms with Crippen molar-refractivity contribution in [1.82, 2.24) is 4.90 Å². The highest BCUT2D eigenvalue weighted by Crippen LogP contribution is 2.45. The smallest absolute Gasteiger partial charge is 0.308 e. The predicted molar refractivity (Wildman–Crippen MR) is 288 cm³/mol. The number of thioether (sulfide) groups is 1. The van der Waals surface area contributed by atoms with Crippen molar-refractivity contribution in [2.75, 3.05) is 33.4 Å². The van der Waals surface area contributed by atoms with E-state index in [9.17, 15) is 14.7 Å². The molecular formula is C54H99NO14SSi2. The van der Waals surface area contributed by atoms with Gasteiger partial charge in [0.05, 0.1) is 48.9 Å². The van der Waals surface area contributed by atoms with Crippen LogP contribution >= 0.6 is 11.8 Å². The summed E-state index contributed by atoms with van der Waals surface area (Å²) < 4.78 is 73.7. The minimum Gasteiger partial charge on any atom is -0.462 e. The topological polar surface area (TPSA) is 159 Å². The average Bonchev–Trinajstić information content (AvgIpc) is 3.35. The van der Waals surface area contributed by atoms with Crippen LogP contribution in [0.3, 0.4) is 0 Å². The van der Waals surface area contributed by atoms with Gasteiger partial charge in [-0.15, -0.1) is 11.8 Å². The molecule has 15 nitrogen and oxygen atoms in total. The highest BCUT2D eigenvalue weighted by atomic mass is 32.2. The van der Waals surface area contributed by atoms with Gasteiger partial charge in [-0.2, -0.15) is 0 Å². The Balaban J connectivity index is 1.78. The zero-order chi connectivity index (χ0) is 54.3. The Morgan fingerprint density at radius 2 is 1.53 bits per heavy atom. The van der Waals surface area contributed by atoms with Crippen LogP contribution < -0.4 is 0 Å². The summed E-state index contributed by atoms with van der Waals surface area (Å²) in [7, 11) is 0.672. The lowest BCUT2D eigenvalue weighted by atomic mass is 9.83. The van der Waals surface area contributed by atoms with E-state index >= 15 is 0 Å². The molecular weight excluding hydrogens is 975 g/mol. The number of cyclic esters (lactones) is 1. The standard InChI is InChI=1S/C54H99NO14SSi2/c1-33(2)27-41(56)65-50-37(6)62-44(31-54(50,13)60-32-70-17)66-47-36(5)63-51(46(58)45(47)55(14)15)67-48-38-28-34(3)39(68-71(18,19)52(7,8)9)26-24-22-23-25-35(4)61-42(57)30-40(49(48)59-16)64-43(29-38)69-72(20,21)53(10,11)12/h22-24,26,33-40,43-51,58H,25,27-32H2,1-21H3/b23-22+,26-24+/t34-,35-,36-,37+,38-,39+,40-,43?,44+,45-,46-,47-,48+,49+,50+,51+,54-/m1/s1. The number of nitrogens with zero attached hydrogens (tertiary/aromatic N) is 1. The maximum Gasteiger partial charge on any atom is 0.308 e. The van der Waals surface area contributed by atoms with Crippen molar-refractivity contribution in [3.05, 3.63) is 24.3 Å². The Labute approximate surface area is 441 Å². The van der Waals surface area contributed by atoms with Gasteiger partial charge in [0.2, 0.25) is 0 Å². The van der Waals surface area contributed by atoms with Gasteiger partial charge >= 0.3 is 11.9 Å². The Morgan fingerprint density at radius 3 is 2.11 bits per heavy atom. The molecule has 418 valence electrons. The summed E-state index contributed by atoms with van der Waals surface area (Å²) in [5, 5.41) is 12.5. The third-order valence-electron chi connectivity index (χ3n) is 15.9. The summed E-state index contributed by atoms with van der Waals surface area (Å²) in [6.45, 7) is 36.1. The van der Waals surface area contributed by atoms with E-state index in [0.29, 0.717) is 25.2 Å². The number of aliphatic hydroxyl groups excluding tert-OH is 1. The van der Waals surface area contributed by atoms with Crippen molar-refractivity contribution in [3.63, 3.8) is 0 Å². The Kier molecular flexibility index (Phi) is 23.2. The molecule has 1 N–H and O–H groups in total. The molecule has 17 atom stereocenters. The van der Waals surface area contributed by atoms with Crippen LogP contribution in [0.15, 0.2) is 24.3 Å². The van der Waals surface area contributed by atoms with E-state index in [2.05, 4.69) is 80.7 Å². The van der Waals surface area contributed by atoms with E-state index < -0.39 is 108 Å². The highest BCUT2D eigenvalue weighted by molar-refractivity contribution is 7.98. The molecule has 3 saturated heterocycles. The maximum absolute atomic E-state index is 13.9.